The summed E-state index contributed by atoms with van der Waals surface area (Å²) in [4.78, 5) is -0.178. The number of nitrogens with one attached hydrogen (secondary N) is 1. The van der Waals surface area contributed by atoms with E-state index < -0.39 is 15.9 Å². The van der Waals surface area contributed by atoms with Gasteiger partial charge in [-0.2, -0.15) is 13.5 Å². The van der Waals surface area contributed by atoms with Crippen molar-refractivity contribution in [3.63, 3.8) is 0 Å². The third-order valence-electron chi connectivity index (χ3n) is 2.88. The van der Waals surface area contributed by atoms with E-state index in [1.807, 2.05) is 0 Å². The molecule has 25 heavy (non-hydrogen) atoms. The van der Waals surface area contributed by atoms with Crippen molar-refractivity contribution in [1.29, 1.82) is 0 Å². The molecule has 0 saturated carbocycles. The molecule has 0 radical (unpaired) electrons. The summed E-state index contributed by atoms with van der Waals surface area (Å²) in [7, 11) is -2.77. The predicted molar refractivity (Wildman–Crippen MR) is 94.7 cm³/mol. The van der Waals surface area contributed by atoms with Crippen molar-refractivity contribution in [2.45, 2.75) is 4.90 Å². The van der Waals surface area contributed by atoms with Crippen LogP contribution in [0, 0.1) is 5.82 Å². The second-order valence-electron chi connectivity index (χ2n) is 4.64. The molecule has 0 amide bonds. The lowest BCUT2D eigenvalue weighted by atomic mass is 10.2. The minimum absolute atomic E-state index is 0.00793. The molecule has 10 heteroatoms. The van der Waals surface area contributed by atoms with E-state index in [2.05, 4.69) is 22.7 Å². The first kappa shape index (κ1) is 18.6. The zero-order valence-corrected chi connectivity index (χ0v) is 14.6. The Kier molecular flexibility index (Phi) is 5.88. The Morgan fingerprint density at radius 3 is 2.52 bits per heavy atom. The fourth-order valence-electron chi connectivity index (χ4n) is 1.77. The van der Waals surface area contributed by atoms with Crippen LogP contribution >= 0.6 is 12.2 Å². The molecule has 0 spiro atoms. The van der Waals surface area contributed by atoms with E-state index in [1.54, 1.807) is 6.07 Å². The molecule has 3 N–H and O–H groups in total. The molecule has 0 aliphatic carbocycles. The Morgan fingerprint density at radius 2 is 1.92 bits per heavy atom. The predicted octanol–water partition coefficient (Wildman–Crippen LogP) is 1.77. The summed E-state index contributed by atoms with van der Waals surface area (Å²) in [6.07, 6.45) is 1.42. The van der Waals surface area contributed by atoms with Gasteiger partial charge in [-0.25, -0.2) is 4.39 Å². The molecule has 0 heterocycles. The molecule has 2 rings (SSSR count). The molecule has 0 aliphatic heterocycles. The summed E-state index contributed by atoms with van der Waals surface area (Å²) in [5.41, 5.74) is 8.22. The van der Waals surface area contributed by atoms with Crippen molar-refractivity contribution < 1.29 is 21.7 Å². The lowest BCUT2D eigenvalue weighted by Crippen LogP contribution is -2.23. The summed E-state index contributed by atoms with van der Waals surface area (Å²) in [5, 5.41) is 3.79. The molecule has 0 aliphatic rings. The number of nitrogens with two attached hydrogens (primary N) is 1. The van der Waals surface area contributed by atoms with Crippen molar-refractivity contribution in [2.24, 2.45) is 10.8 Å². The number of thiocarbonyl (C=S) groups is 1. The van der Waals surface area contributed by atoms with Gasteiger partial charge in [-0.15, -0.1) is 0 Å². The number of ether oxygens (including phenoxy) is 1. The second-order valence-corrected chi connectivity index (χ2v) is 6.62. The molecule has 0 saturated heterocycles. The van der Waals surface area contributed by atoms with Crippen molar-refractivity contribution in [3.8, 4) is 11.5 Å². The van der Waals surface area contributed by atoms with Crippen LogP contribution in [0.1, 0.15) is 5.56 Å². The number of methoxy groups -OCH3 is 1. The Bertz CT molecular complexity index is 899. The van der Waals surface area contributed by atoms with Gasteiger partial charge in [0, 0.05) is 0 Å². The first-order chi connectivity index (χ1) is 11.8. The SMILES string of the molecule is COc1cc(C=NNC(N)=S)ccc1OS(=O)(=O)c1ccc(F)cc1. The number of hydrogen-bond donors (Lipinski definition) is 2. The minimum atomic E-state index is -4.13. The standard InChI is InChI=1S/C15H14FN3O4S2/c1-22-14-8-10(9-18-19-15(17)24)2-7-13(14)23-25(20,21)12-5-3-11(16)4-6-12/h2-9H,1H3,(H3,17,19,24). The molecule has 0 aromatic heterocycles. The Balaban J connectivity index is 2.25. The third-order valence-corrected chi connectivity index (χ3v) is 4.22. The highest BCUT2D eigenvalue weighted by Gasteiger charge is 2.19. The smallest absolute Gasteiger partial charge is 0.339 e. The molecule has 0 fully saturated rings. The van der Waals surface area contributed by atoms with Gasteiger partial charge in [0.2, 0.25) is 0 Å². The highest BCUT2D eigenvalue weighted by Crippen LogP contribution is 2.30. The van der Waals surface area contributed by atoms with Gasteiger partial charge in [-0.1, -0.05) is 0 Å². The van der Waals surface area contributed by atoms with E-state index in [0.29, 0.717) is 5.56 Å². The maximum Gasteiger partial charge on any atom is 0.339 e. The normalized spacial score (nSPS) is 11.3. The molecule has 7 nitrogen and oxygen atoms in total. The van der Waals surface area contributed by atoms with Crippen LogP contribution in [-0.4, -0.2) is 26.9 Å². The zero-order chi connectivity index (χ0) is 18.4. The van der Waals surface area contributed by atoms with Gasteiger partial charge in [0.25, 0.3) is 0 Å². The quantitative estimate of drug-likeness (QED) is 0.339. The lowest BCUT2D eigenvalue weighted by molar-refractivity contribution is 0.390. The van der Waals surface area contributed by atoms with Crippen LogP contribution in [0.4, 0.5) is 4.39 Å². The summed E-state index contributed by atoms with van der Waals surface area (Å²) < 4.78 is 47.6. The van der Waals surface area contributed by atoms with Crippen molar-refractivity contribution in [1.82, 2.24) is 5.43 Å². The number of halogens is 1. The molecule has 0 bridgehead atoms. The van der Waals surface area contributed by atoms with Crippen molar-refractivity contribution in [2.75, 3.05) is 7.11 Å². The summed E-state index contributed by atoms with van der Waals surface area (Å²) in [6, 6.07) is 8.76. The maximum absolute atomic E-state index is 12.9. The Morgan fingerprint density at radius 1 is 1.24 bits per heavy atom. The van der Waals surface area contributed by atoms with E-state index in [9.17, 15) is 12.8 Å². The van der Waals surface area contributed by atoms with E-state index in [0.717, 1.165) is 24.3 Å². The highest BCUT2D eigenvalue weighted by atomic mass is 32.2. The van der Waals surface area contributed by atoms with Crippen LogP contribution in [-0.2, 0) is 10.1 Å². The Hall–Kier alpha value is -2.72. The van der Waals surface area contributed by atoms with Crippen LogP contribution in [0.15, 0.2) is 52.5 Å². The number of nitrogens with zero attached hydrogens (tertiary/aromatic N) is 1. The van der Waals surface area contributed by atoms with Crippen LogP contribution in [0.5, 0.6) is 11.5 Å². The average Bonchev–Trinajstić information content (AvgIpc) is 2.56. The monoisotopic (exact) mass is 383 g/mol. The molecule has 2 aromatic carbocycles. The van der Waals surface area contributed by atoms with E-state index in [4.69, 9.17) is 14.7 Å². The zero-order valence-electron chi connectivity index (χ0n) is 13.0. The van der Waals surface area contributed by atoms with Gasteiger partial charge in [0.15, 0.2) is 16.6 Å². The fraction of sp³-hybridized carbons (Fsp3) is 0.0667. The van der Waals surface area contributed by atoms with Gasteiger partial charge in [-0.3, -0.25) is 5.43 Å². The number of hydrazone groups is 1. The van der Waals surface area contributed by atoms with E-state index in [1.165, 1.54) is 25.5 Å². The largest absolute Gasteiger partial charge is 0.493 e. The average molecular weight is 383 g/mol. The van der Waals surface area contributed by atoms with Crippen LogP contribution < -0.4 is 20.1 Å². The minimum Gasteiger partial charge on any atom is -0.493 e. The highest BCUT2D eigenvalue weighted by molar-refractivity contribution is 7.87. The number of benzene rings is 2. The van der Waals surface area contributed by atoms with E-state index in [-0.39, 0.29) is 21.5 Å². The molecule has 132 valence electrons. The number of hydrogen-bond acceptors (Lipinski definition) is 6. The Labute approximate surface area is 149 Å². The van der Waals surface area contributed by atoms with Gasteiger partial charge < -0.3 is 14.7 Å². The number of rotatable bonds is 6. The summed E-state index contributed by atoms with van der Waals surface area (Å²) in [5.74, 6) is -0.401. The first-order valence-corrected chi connectivity index (χ1v) is 8.60. The van der Waals surface area contributed by atoms with Crippen LogP contribution in [0.2, 0.25) is 0 Å². The molecular weight excluding hydrogens is 369 g/mol. The van der Waals surface area contributed by atoms with Crippen LogP contribution in [0.25, 0.3) is 0 Å². The fourth-order valence-corrected chi connectivity index (χ4v) is 2.76. The molecule has 0 unspecified atom stereocenters. The van der Waals surface area contributed by atoms with Crippen molar-refractivity contribution >= 4 is 33.7 Å². The second kappa shape index (κ2) is 7.90. The third kappa shape index (κ3) is 5.13. The molecular formula is C15H14FN3O4S2. The van der Waals surface area contributed by atoms with Gasteiger partial charge in [0.1, 0.15) is 10.7 Å². The lowest BCUT2D eigenvalue weighted by Gasteiger charge is -2.11. The molecule has 0 atom stereocenters. The van der Waals surface area contributed by atoms with Gasteiger partial charge in [0.05, 0.1) is 13.3 Å². The van der Waals surface area contributed by atoms with Gasteiger partial charge in [-0.05, 0) is 60.2 Å². The first-order valence-electron chi connectivity index (χ1n) is 6.78. The topological polar surface area (TPSA) is 103 Å². The molecule has 2 aromatic rings. The van der Waals surface area contributed by atoms with Crippen molar-refractivity contribution in [3.05, 3.63) is 53.8 Å². The maximum atomic E-state index is 12.9. The summed E-state index contributed by atoms with van der Waals surface area (Å²) in [6.45, 7) is 0. The van der Waals surface area contributed by atoms with E-state index >= 15 is 0 Å². The summed E-state index contributed by atoms with van der Waals surface area (Å²) >= 11 is 4.61. The van der Waals surface area contributed by atoms with Crippen LogP contribution in [0.3, 0.4) is 0 Å². The van der Waals surface area contributed by atoms with Gasteiger partial charge >= 0.3 is 10.1 Å².